The Hall–Kier alpha value is -1.55. The second-order valence-electron chi connectivity index (χ2n) is 4.36. The lowest BCUT2D eigenvalue weighted by molar-refractivity contribution is -0.150. The van der Waals surface area contributed by atoms with Gasteiger partial charge in [-0.1, -0.05) is 19.1 Å². The fourth-order valence-electron chi connectivity index (χ4n) is 1.77. The van der Waals surface area contributed by atoms with Crippen molar-refractivity contribution < 1.29 is 14.3 Å². The summed E-state index contributed by atoms with van der Waals surface area (Å²) >= 11 is 0. The summed E-state index contributed by atoms with van der Waals surface area (Å²) in [5, 5.41) is 3.34. The summed E-state index contributed by atoms with van der Waals surface area (Å²) in [7, 11) is 0. The van der Waals surface area contributed by atoms with Gasteiger partial charge in [-0.2, -0.15) is 0 Å². The molecule has 1 aromatic carbocycles. The molecule has 0 spiro atoms. The van der Waals surface area contributed by atoms with Crippen LogP contribution in [-0.4, -0.2) is 25.2 Å². The van der Waals surface area contributed by atoms with Crippen molar-refractivity contribution in [3.63, 3.8) is 0 Å². The second-order valence-corrected chi connectivity index (χ2v) is 4.36. The van der Waals surface area contributed by atoms with Crippen molar-refractivity contribution in [3.8, 4) is 5.75 Å². The molecule has 0 amide bonds. The first kappa shape index (κ1) is 15.5. The van der Waals surface area contributed by atoms with E-state index in [0.717, 1.165) is 6.54 Å². The third kappa shape index (κ3) is 4.91. The van der Waals surface area contributed by atoms with Crippen molar-refractivity contribution in [2.75, 3.05) is 13.2 Å². The quantitative estimate of drug-likeness (QED) is 0.770. The Kier molecular flexibility index (Phi) is 6.36. The highest BCUT2D eigenvalue weighted by molar-refractivity contribution is 5.74. The van der Waals surface area contributed by atoms with Crippen LogP contribution in [-0.2, 0) is 9.53 Å². The van der Waals surface area contributed by atoms with Crippen molar-refractivity contribution >= 4 is 5.97 Å². The fourth-order valence-corrected chi connectivity index (χ4v) is 1.77. The number of carbonyl (C=O) groups excluding carboxylic acids is 1. The highest BCUT2D eigenvalue weighted by Gasteiger charge is 2.15. The Balaban J connectivity index is 2.59. The molecule has 4 nitrogen and oxygen atoms in total. The number of hydrogen-bond donors (Lipinski definition) is 1. The Morgan fingerprint density at radius 3 is 2.37 bits per heavy atom. The van der Waals surface area contributed by atoms with Crippen LogP contribution in [0.4, 0.5) is 0 Å². The first-order valence-electron chi connectivity index (χ1n) is 6.75. The molecule has 0 radical (unpaired) electrons. The Bertz CT molecular complexity index is 389. The van der Waals surface area contributed by atoms with Gasteiger partial charge in [0.05, 0.1) is 6.61 Å². The third-order valence-electron chi connectivity index (χ3n) is 2.82. The molecule has 106 valence electrons. The third-order valence-corrected chi connectivity index (χ3v) is 2.82. The Morgan fingerprint density at radius 1 is 1.21 bits per heavy atom. The van der Waals surface area contributed by atoms with Gasteiger partial charge in [0.1, 0.15) is 5.75 Å². The molecule has 0 fully saturated rings. The van der Waals surface area contributed by atoms with E-state index in [-0.39, 0.29) is 5.97 Å². The first-order valence-corrected chi connectivity index (χ1v) is 6.75. The van der Waals surface area contributed by atoms with E-state index < -0.39 is 6.10 Å². The summed E-state index contributed by atoms with van der Waals surface area (Å²) in [5.74, 6) is 0.334. The van der Waals surface area contributed by atoms with E-state index in [2.05, 4.69) is 19.2 Å². The van der Waals surface area contributed by atoms with Gasteiger partial charge in [0, 0.05) is 6.04 Å². The van der Waals surface area contributed by atoms with Crippen LogP contribution in [0.15, 0.2) is 24.3 Å². The van der Waals surface area contributed by atoms with E-state index in [9.17, 15) is 4.79 Å². The molecule has 0 saturated carbocycles. The summed E-state index contributed by atoms with van der Waals surface area (Å²) in [6, 6.07) is 8.06. The van der Waals surface area contributed by atoms with E-state index in [1.807, 2.05) is 24.3 Å². The minimum Gasteiger partial charge on any atom is -0.479 e. The van der Waals surface area contributed by atoms with E-state index in [0.29, 0.717) is 18.4 Å². The number of benzene rings is 1. The summed E-state index contributed by atoms with van der Waals surface area (Å²) in [5.41, 5.74) is 1.19. The average Bonchev–Trinajstić information content (AvgIpc) is 2.40. The minimum absolute atomic E-state index is 0.307. The largest absolute Gasteiger partial charge is 0.479 e. The number of hydrogen-bond acceptors (Lipinski definition) is 4. The summed E-state index contributed by atoms with van der Waals surface area (Å²) in [6.45, 7) is 8.95. The zero-order chi connectivity index (χ0) is 14.3. The normalized spacial score (nSPS) is 13.7. The molecule has 2 atom stereocenters. The topological polar surface area (TPSA) is 47.6 Å². The molecule has 0 saturated heterocycles. The molecule has 1 rings (SSSR count). The zero-order valence-corrected chi connectivity index (χ0v) is 12.1. The Morgan fingerprint density at radius 2 is 1.84 bits per heavy atom. The number of rotatable bonds is 7. The number of esters is 1. The maximum absolute atomic E-state index is 11.5. The van der Waals surface area contributed by atoms with Crippen LogP contribution in [0.3, 0.4) is 0 Å². The van der Waals surface area contributed by atoms with Crippen LogP contribution >= 0.6 is 0 Å². The summed E-state index contributed by atoms with van der Waals surface area (Å²) in [4.78, 5) is 11.5. The predicted molar refractivity (Wildman–Crippen MR) is 75.3 cm³/mol. The van der Waals surface area contributed by atoms with Gasteiger partial charge >= 0.3 is 5.97 Å². The monoisotopic (exact) mass is 265 g/mol. The van der Waals surface area contributed by atoms with Crippen LogP contribution < -0.4 is 10.1 Å². The van der Waals surface area contributed by atoms with Gasteiger partial charge in [0.15, 0.2) is 6.10 Å². The van der Waals surface area contributed by atoms with Gasteiger partial charge in [-0.3, -0.25) is 0 Å². The van der Waals surface area contributed by atoms with Crippen molar-refractivity contribution in [1.29, 1.82) is 0 Å². The standard InChI is InChI=1S/C15H23NO3/c1-5-16-11(3)13-7-9-14(10-8-13)19-12(4)15(17)18-6-2/h7-12,16H,5-6H2,1-4H3. The van der Waals surface area contributed by atoms with Crippen LogP contribution in [0.2, 0.25) is 0 Å². The first-order chi connectivity index (χ1) is 9.08. The molecule has 0 heterocycles. The zero-order valence-electron chi connectivity index (χ0n) is 12.1. The van der Waals surface area contributed by atoms with Crippen molar-refractivity contribution in [2.45, 2.75) is 39.8 Å². The van der Waals surface area contributed by atoms with Gasteiger partial charge in [-0.15, -0.1) is 0 Å². The van der Waals surface area contributed by atoms with Crippen molar-refractivity contribution in [3.05, 3.63) is 29.8 Å². The van der Waals surface area contributed by atoms with Gasteiger partial charge in [0.25, 0.3) is 0 Å². The lowest BCUT2D eigenvalue weighted by Crippen LogP contribution is -2.26. The van der Waals surface area contributed by atoms with E-state index in [1.165, 1.54) is 5.56 Å². The lowest BCUT2D eigenvalue weighted by atomic mass is 10.1. The molecule has 0 bridgehead atoms. The van der Waals surface area contributed by atoms with Crippen molar-refractivity contribution in [1.82, 2.24) is 5.32 Å². The van der Waals surface area contributed by atoms with Gasteiger partial charge in [-0.05, 0) is 45.0 Å². The molecular formula is C15H23NO3. The molecule has 2 unspecified atom stereocenters. The average molecular weight is 265 g/mol. The number of nitrogens with one attached hydrogen (secondary N) is 1. The molecule has 19 heavy (non-hydrogen) atoms. The highest BCUT2D eigenvalue weighted by Crippen LogP contribution is 2.18. The molecule has 4 heteroatoms. The van der Waals surface area contributed by atoms with Crippen molar-refractivity contribution in [2.24, 2.45) is 0 Å². The molecule has 0 aliphatic rings. The van der Waals surface area contributed by atoms with E-state index in [4.69, 9.17) is 9.47 Å². The minimum atomic E-state index is -0.586. The molecule has 0 aliphatic heterocycles. The fraction of sp³-hybridized carbons (Fsp3) is 0.533. The summed E-state index contributed by atoms with van der Waals surface area (Å²) < 4.78 is 10.4. The summed E-state index contributed by atoms with van der Waals surface area (Å²) in [6.07, 6.45) is -0.586. The molecule has 0 aliphatic carbocycles. The number of ether oxygens (including phenoxy) is 2. The van der Waals surface area contributed by atoms with Gasteiger partial charge < -0.3 is 14.8 Å². The van der Waals surface area contributed by atoms with Gasteiger partial charge in [0.2, 0.25) is 0 Å². The molecular weight excluding hydrogens is 242 g/mol. The Labute approximate surface area is 115 Å². The molecule has 1 aromatic rings. The maximum Gasteiger partial charge on any atom is 0.347 e. The van der Waals surface area contributed by atoms with Crippen LogP contribution in [0.1, 0.15) is 39.3 Å². The van der Waals surface area contributed by atoms with Gasteiger partial charge in [-0.25, -0.2) is 4.79 Å². The van der Waals surface area contributed by atoms with Crippen LogP contribution in [0.25, 0.3) is 0 Å². The lowest BCUT2D eigenvalue weighted by Gasteiger charge is -2.15. The highest BCUT2D eigenvalue weighted by atomic mass is 16.6. The predicted octanol–water partition coefficient (Wildman–Crippen LogP) is 2.69. The maximum atomic E-state index is 11.5. The van der Waals surface area contributed by atoms with E-state index >= 15 is 0 Å². The SMILES string of the molecule is CCNC(C)c1ccc(OC(C)C(=O)OCC)cc1. The smallest absolute Gasteiger partial charge is 0.347 e. The molecule has 0 aromatic heterocycles. The molecule has 1 N–H and O–H groups in total. The van der Waals surface area contributed by atoms with Crippen LogP contribution in [0.5, 0.6) is 5.75 Å². The second kappa shape index (κ2) is 7.79. The van der Waals surface area contributed by atoms with Crippen LogP contribution in [0, 0.1) is 0 Å². The number of carbonyl (C=O) groups is 1. The van der Waals surface area contributed by atoms with E-state index in [1.54, 1.807) is 13.8 Å².